The first kappa shape index (κ1) is 26.2. The number of hydrogen-bond acceptors (Lipinski definition) is 6. The van der Waals surface area contributed by atoms with Gasteiger partial charge in [-0.15, -0.1) is 0 Å². The van der Waals surface area contributed by atoms with Crippen LogP contribution in [0.2, 0.25) is 15.1 Å². The van der Waals surface area contributed by atoms with Gasteiger partial charge in [0.2, 0.25) is 10.0 Å². The molecular formula is C22H26Cl3N5O4S. The molecule has 1 aromatic heterocycles. The van der Waals surface area contributed by atoms with Gasteiger partial charge in [-0.3, -0.25) is 0 Å². The molecule has 4 rings (SSSR count). The van der Waals surface area contributed by atoms with Crippen molar-refractivity contribution in [1.82, 2.24) is 24.1 Å². The van der Waals surface area contributed by atoms with Crippen LogP contribution in [0, 0.1) is 5.92 Å². The number of carbonyl (C=O) groups is 1. The molecule has 0 N–H and O–H groups in total. The van der Waals surface area contributed by atoms with Crippen molar-refractivity contribution in [2.75, 3.05) is 45.5 Å². The summed E-state index contributed by atoms with van der Waals surface area (Å²) in [5.41, 5.74) is 0.953. The Kier molecular flexibility index (Phi) is 7.97. The third-order valence-electron chi connectivity index (χ3n) is 6.48. The summed E-state index contributed by atoms with van der Waals surface area (Å²) < 4.78 is 31.0. The first-order valence-electron chi connectivity index (χ1n) is 11.1. The Hall–Kier alpha value is -1.85. The lowest BCUT2D eigenvalue weighted by Crippen LogP contribution is -2.53. The molecule has 2 saturated heterocycles. The van der Waals surface area contributed by atoms with Gasteiger partial charge in [0.05, 0.1) is 33.7 Å². The van der Waals surface area contributed by atoms with Crippen molar-refractivity contribution in [3.05, 3.63) is 51.2 Å². The van der Waals surface area contributed by atoms with Crippen molar-refractivity contribution in [3.8, 4) is 6.01 Å². The molecule has 190 valence electrons. The molecule has 2 aromatic rings. The Morgan fingerprint density at radius 1 is 1.03 bits per heavy atom. The minimum atomic E-state index is -3.28. The van der Waals surface area contributed by atoms with E-state index in [1.807, 2.05) is 19.1 Å². The second-order valence-corrected chi connectivity index (χ2v) is 12.0. The van der Waals surface area contributed by atoms with Gasteiger partial charge in [-0.05, 0) is 24.6 Å². The quantitative estimate of drug-likeness (QED) is 0.552. The Labute approximate surface area is 220 Å². The van der Waals surface area contributed by atoms with Crippen LogP contribution < -0.4 is 4.74 Å². The van der Waals surface area contributed by atoms with Crippen LogP contribution in [0.1, 0.15) is 18.4 Å². The number of carbonyl (C=O) groups excluding carboxylic acids is 1. The van der Waals surface area contributed by atoms with Crippen molar-refractivity contribution in [3.63, 3.8) is 0 Å². The number of amides is 2. The molecule has 0 saturated carbocycles. The SMILES string of the molecule is C[C@@H](Oc1ncc(Cl)cn1)[C@@H]1CN(C(=O)N2CCN(S(C)(=O)=O)CC2)C[C@H]1c1ccc(Cl)c(Cl)c1. The third kappa shape index (κ3) is 6.11. The number of ether oxygens (including phenoxy) is 1. The van der Waals surface area contributed by atoms with E-state index < -0.39 is 10.0 Å². The Morgan fingerprint density at radius 3 is 2.29 bits per heavy atom. The van der Waals surface area contributed by atoms with E-state index in [9.17, 15) is 13.2 Å². The molecule has 2 amide bonds. The molecular weight excluding hydrogens is 537 g/mol. The predicted molar refractivity (Wildman–Crippen MR) is 135 cm³/mol. The summed E-state index contributed by atoms with van der Waals surface area (Å²) in [6.45, 7) is 4.08. The monoisotopic (exact) mass is 561 g/mol. The number of aromatic nitrogens is 2. The number of rotatable bonds is 5. The topological polar surface area (TPSA) is 95.9 Å². The second kappa shape index (κ2) is 10.6. The van der Waals surface area contributed by atoms with Gasteiger partial charge in [0.1, 0.15) is 6.10 Å². The maximum absolute atomic E-state index is 13.4. The Morgan fingerprint density at radius 2 is 1.69 bits per heavy atom. The van der Waals surface area contributed by atoms with Crippen LogP contribution in [-0.4, -0.2) is 90.2 Å². The molecule has 3 atom stereocenters. The summed E-state index contributed by atoms with van der Waals surface area (Å²) in [5, 5.41) is 1.31. The highest BCUT2D eigenvalue weighted by molar-refractivity contribution is 7.88. The fraction of sp³-hybridized carbons (Fsp3) is 0.500. The fourth-order valence-corrected chi connectivity index (χ4v) is 5.81. The summed E-state index contributed by atoms with van der Waals surface area (Å²) >= 11 is 18.3. The average molecular weight is 563 g/mol. The average Bonchev–Trinajstić information content (AvgIpc) is 3.27. The second-order valence-electron chi connectivity index (χ2n) is 8.79. The molecule has 0 radical (unpaired) electrons. The number of halogens is 3. The van der Waals surface area contributed by atoms with Gasteiger partial charge >= 0.3 is 12.0 Å². The van der Waals surface area contributed by atoms with E-state index >= 15 is 0 Å². The highest BCUT2D eigenvalue weighted by atomic mass is 35.5. The van der Waals surface area contributed by atoms with Crippen LogP contribution >= 0.6 is 34.8 Å². The van der Waals surface area contributed by atoms with E-state index in [4.69, 9.17) is 39.5 Å². The zero-order chi connectivity index (χ0) is 25.3. The van der Waals surface area contributed by atoms with Gasteiger partial charge in [-0.1, -0.05) is 40.9 Å². The zero-order valence-electron chi connectivity index (χ0n) is 19.3. The van der Waals surface area contributed by atoms with E-state index in [0.717, 1.165) is 5.56 Å². The van der Waals surface area contributed by atoms with Gasteiger partial charge < -0.3 is 14.5 Å². The minimum absolute atomic E-state index is 0.0617. The van der Waals surface area contributed by atoms with Crippen molar-refractivity contribution < 1.29 is 17.9 Å². The maximum atomic E-state index is 13.4. The van der Waals surface area contributed by atoms with Crippen molar-refractivity contribution >= 4 is 50.9 Å². The molecule has 2 aliphatic rings. The van der Waals surface area contributed by atoms with Gasteiger partial charge in [0.25, 0.3) is 0 Å². The van der Waals surface area contributed by atoms with Crippen molar-refractivity contribution in [1.29, 1.82) is 0 Å². The lowest BCUT2D eigenvalue weighted by molar-refractivity contribution is 0.123. The molecule has 1 aromatic carbocycles. The fourth-order valence-electron chi connectivity index (χ4n) is 4.58. The Bertz CT molecular complexity index is 1180. The first-order chi connectivity index (χ1) is 16.5. The largest absolute Gasteiger partial charge is 0.460 e. The molecule has 0 bridgehead atoms. The summed E-state index contributed by atoms with van der Waals surface area (Å²) in [4.78, 5) is 25.1. The maximum Gasteiger partial charge on any atom is 0.320 e. The summed E-state index contributed by atoms with van der Waals surface area (Å²) in [5.74, 6) is -0.138. The van der Waals surface area contributed by atoms with Crippen LogP contribution in [0.4, 0.5) is 4.79 Å². The van der Waals surface area contributed by atoms with Crippen LogP contribution in [-0.2, 0) is 10.0 Å². The van der Waals surface area contributed by atoms with Gasteiger partial charge in [0, 0.05) is 51.1 Å². The van der Waals surface area contributed by atoms with Crippen molar-refractivity contribution in [2.45, 2.75) is 18.9 Å². The van der Waals surface area contributed by atoms with Crippen molar-refractivity contribution in [2.24, 2.45) is 5.92 Å². The number of hydrogen-bond donors (Lipinski definition) is 0. The van der Waals surface area contributed by atoms with Gasteiger partial charge in [0.15, 0.2) is 0 Å². The molecule has 2 fully saturated rings. The zero-order valence-corrected chi connectivity index (χ0v) is 22.4. The van der Waals surface area contributed by atoms with E-state index in [1.165, 1.54) is 23.0 Å². The summed E-state index contributed by atoms with van der Waals surface area (Å²) in [6.07, 6.45) is 3.79. The van der Waals surface area contributed by atoms with Gasteiger partial charge in [-0.2, -0.15) is 4.31 Å². The normalized spacial score (nSPS) is 22.3. The lowest BCUT2D eigenvalue weighted by atomic mass is 9.86. The number of urea groups is 1. The molecule has 0 aliphatic carbocycles. The van der Waals surface area contributed by atoms with Gasteiger partial charge in [-0.25, -0.2) is 23.2 Å². The molecule has 13 heteroatoms. The molecule has 3 heterocycles. The highest BCUT2D eigenvalue weighted by Crippen LogP contribution is 2.38. The van der Waals surface area contributed by atoms with E-state index in [-0.39, 0.29) is 43.1 Å². The van der Waals surface area contributed by atoms with E-state index in [1.54, 1.807) is 15.9 Å². The molecule has 35 heavy (non-hydrogen) atoms. The predicted octanol–water partition coefficient (Wildman–Crippen LogP) is 3.62. The number of sulfonamides is 1. The molecule has 9 nitrogen and oxygen atoms in total. The summed E-state index contributed by atoms with van der Waals surface area (Å²) in [6, 6.07) is 5.57. The minimum Gasteiger partial charge on any atom is -0.460 e. The summed E-state index contributed by atoms with van der Waals surface area (Å²) in [7, 11) is -3.28. The standard InChI is InChI=1S/C22H26Cl3N5O4S/c1-14(34-21-26-10-16(23)11-27-21)17-12-29(13-18(17)15-3-4-19(24)20(25)9-15)22(31)28-5-7-30(8-6-28)35(2,32)33/h3-4,9-11,14,17-18H,5-8,12-13H2,1-2H3/t14-,17+,18+/m1/s1. The number of nitrogens with zero attached hydrogens (tertiary/aromatic N) is 5. The smallest absolute Gasteiger partial charge is 0.320 e. The first-order valence-corrected chi connectivity index (χ1v) is 14.1. The van der Waals surface area contributed by atoms with E-state index in [0.29, 0.717) is 41.2 Å². The highest BCUT2D eigenvalue weighted by Gasteiger charge is 2.42. The number of benzene rings is 1. The third-order valence-corrected chi connectivity index (χ3v) is 8.71. The van der Waals surface area contributed by atoms with Crippen LogP contribution in [0.3, 0.4) is 0 Å². The molecule has 0 spiro atoms. The molecule has 0 unspecified atom stereocenters. The van der Waals surface area contributed by atoms with Crippen LogP contribution in [0.25, 0.3) is 0 Å². The molecule has 2 aliphatic heterocycles. The van der Waals surface area contributed by atoms with E-state index in [2.05, 4.69) is 9.97 Å². The number of piperazine rings is 1. The lowest BCUT2D eigenvalue weighted by Gasteiger charge is -2.35. The van der Waals surface area contributed by atoms with Crippen LogP contribution in [0.5, 0.6) is 6.01 Å². The number of likely N-dealkylation sites (tertiary alicyclic amines) is 1. The van der Waals surface area contributed by atoms with Crippen LogP contribution in [0.15, 0.2) is 30.6 Å². The Balaban J connectivity index is 1.52.